The molecule has 3 heteroatoms. The molecule has 0 fully saturated rings. The predicted molar refractivity (Wildman–Crippen MR) is 140 cm³/mol. The number of hydrogen-bond acceptors (Lipinski definition) is 1. The first-order valence-corrected chi connectivity index (χ1v) is 18.7. The summed E-state index contributed by atoms with van der Waals surface area (Å²) in [5.41, 5.74) is 0. The number of unbranched alkanes of at least 4 members (excludes halogenated alkanes) is 22. The van der Waals surface area contributed by atoms with Gasteiger partial charge in [0.05, 0.1) is 0 Å². The molecule has 0 amide bonds. The molecule has 188 valence electrons. The standard InChI is InChI=1S/C28H59AsO2/c1-3-5-7-9-11-13-15-17-19-21-23-25-27-29(30,31)28-26-24-22-20-18-16-14-12-10-8-6-4-2/h3-28H2,1-2H3,(H,30,31). The smallest absolute Gasteiger partial charge is 0.0654 e. The van der Waals surface area contributed by atoms with Crippen LogP contribution in [0.1, 0.15) is 168 Å². The Hall–Kier alpha value is 0.318. The molecule has 0 aliphatic heterocycles. The van der Waals surface area contributed by atoms with Crippen LogP contribution < -0.4 is 0 Å². The van der Waals surface area contributed by atoms with Gasteiger partial charge in [0, 0.05) is 0 Å². The molecule has 0 aromatic carbocycles. The molecule has 0 saturated heterocycles. The molecule has 1 N–H and O–H groups in total. The maximum absolute atomic E-state index is 12.4. The van der Waals surface area contributed by atoms with Crippen molar-refractivity contribution in [3.63, 3.8) is 0 Å². The van der Waals surface area contributed by atoms with Crippen molar-refractivity contribution in [3.05, 3.63) is 0 Å². The van der Waals surface area contributed by atoms with E-state index in [4.69, 9.17) is 0 Å². The van der Waals surface area contributed by atoms with Crippen molar-refractivity contribution in [1.29, 1.82) is 0 Å². The van der Waals surface area contributed by atoms with Crippen LogP contribution in [0.25, 0.3) is 0 Å². The summed E-state index contributed by atoms with van der Waals surface area (Å²) in [7, 11) is 0. The first kappa shape index (κ1) is 31.3. The van der Waals surface area contributed by atoms with E-state index in [-0.39, 0.29) is 0 Å². The maximum atomic E-state index is 12.4. The average Bonchev–Trinajstić information content (AvgIpc) is 2.75. The Morgan fingerprint density at radius 2 is 0.581 bits per heavy atom. The molecule has 0 saturated carbocycles. The summed E-state index contributed by atoms with van der Waals surface area (Å²) in [6.45, 7) is 4.55. The molecule has 2 nitrogen and oxygen atoms in total. The van der Waals surface area contributed by atoms with Gasteiger partial charge in [-0.2, -0.15) is 0 Å². The van der Waals surface area contributed by atoms with Crippen LogP contribution in [-0.2, 0) is 3.74 Å². The monoisotopic (exact) mass is 502 g/mol. The summed E-state index contributed by atoms with van der Waals surface area (Å²) >= 11 is -3.50. The quantitative estimate of drug-likeness (QED) is 0.0943. The van der Waals surface area contributed by atoms with Gasteiger partial charge in [0.1, 0.15) is 0 Å². The topological polar surface area (TPSA) is 37.3 Å². The fourth-order valence-corrected chi connectivity index (χ4v) is 7.99. The Balaban J connectivity index is 3.30. The molecule has 0 aliphatic carbocycles. The molecular formula is C28H59AsO2. The van der Waals surface area contributed by atoms with E-state index in [0.29, 0.717) is 10.4 Å². The molecule has 0 aromatic heterocycles. The molecule has 0 spiro atoms. The van der Waals surface area contributed by atoms with E-state index in [1.54, 1.807) is 0 Å². The van der Waals surface area contributed by atoms with Gasteiger partial charge in [0.25, 0.3) is 0 Å². The molecule has 0 aromatic rings. The van der Waals surface area contributed by atoms with E-state index in [9.17, 15) is 7.84 Å². The third-order valence-electron chi connectivity index (χ3n) is 6.72. The molecule has 0 bridgehead atoms. The summed E-state index contributed by atoms with van der Waals surface area (Å²) < 4.78 is 22.6. The van der Waals surface area contributed by atoms with E-state index in [2.05, 4.69) is 13.8 Å². The van der Waals surface area contributed by atoms with Crippen LogP contribution in [0.4, 0.5) is 0 Å². The van der Waals surface area contributed by atoms with Crippen molar-refractivity contribution in [1.82, 2.24) is 0 Å². The molecule has 0 radical (unpaired) electrons. The van der Waals surface area contributed by atoms with Crippen LogP contribution in [0.15, 0.2) is 0 Å². The van der Waals surface area contributed by atoms with Gasteiger partial charge >= 0.3 is 173 Å². The summed E-state index contributed by atoms with van der Waals surface area (Å²) in [5.74, 6) is 0. The van der Waals surface area contributed by atoms with Gasteiger partial charge in [0.15, 0.2) is 0 Å². The van der Waals surface area contributed by atoms with Gasteiger partial charge in [-0.15, -0.1) is 0 Å². The van der Waals surface area contributed by atoms with Gasteiger partial charge in [-0.3, -0.25) is 0 Å². The minimum absolute atomic E-state index is 0.619. The Labute approximate surface area is 199 Å². The molecule has 0 aliphatic rings. The van der Waals surface area contributed by atoms with Crippen LogP contribution in [0.3, 0.4) is 0 Å². The van der Waals surface area contributed by atoms with Crippen molar-refractivity contribution in [2.45, 2.75) is 178 Å². The van der Waals surface area contributed by atoms with Crippen molar-refractivity contribution in [2.24, 2.45) is 0 Å². The third-order valence-corrected chi connectivity index (χ3v) is 11.0. The first-order valence-electron chi connectivity index (χ1n) is 14.4. The van der Waals surface area contributed by atoms with Gasteiger partial charge in [0.2, 0.25) is 0 Å². The molecule has 0 atom stereocenters. The zero-order valence-corrected chi connectivity index (χ0v) is 23.6. The second-order valence-corrected chi connectivity index (χ2v) is 15.5. The average molecular weight is 503 g/mol. The number of hydrogen-bond donors (Lipinski definition) is 1. The van der Waals surface area contributed by atoms with E-state index >= 15 is 0 Å². The number of rotatable bonds is 26. The fourth-order valence-electron chi connectivity index (χ4n) is 4.51. The second kappa shape index (κ2) is 25.0. The van der Waals surface area contributed by atoms with Crippen molar-refractivity contribution >= 4 is 13.8 Å². The van der Waals surface area contributed by atoms with E-state index in [1.165, 1.54) is 128 Å². The Morgan fingerprint density at radius 1 is 0.387 bits per heavy atom. The van der Waals surface area contributed by atoms with Crippen LogP contribution in [-0.4, -0.2) is 17.9 Å². The minimum Gasteiger partial charge on any atom is -0.0654 e. The van der Waals surface area contributed by atoms with Gasteiger partial charge < -0.3 is 0 Å². The van der Waals surface area contributed by atoms with Crippen LogP contribution in [0.2, 0.25) is 10.4 Å². The Bertz CT molecular complexity index is 351. The summed E-state index contributed by atoms with van der Waals surface area (Å²) in [6.07, 6.45) is 31.6. The summed E-state index contributed by atoms with van der Waals surface area (Å²) in [5, 5.41) is 1.24. The SMILES string of the molecule is CCCCCCCCCCCCCC[As](=O)(O)CCCCCCCCCCCCCC. The second-order valence-electron chi connectivity index (χ2n) is 10.1. The normalized spacial score (nSPS) is 12.0. The van der Waals surface area contributed by atoms with Gasteiger partial charge in [-0.1, -0.05) is 26.7 Å². The van der Waals surface area contributed by atoms with E-state index < -0.39 is 13.8 Å². The zero-order valence-electron chi connectivity index (χ0n) is 21.7. The van der Waals surface area contributed by atoms with Gasteiger partial charge in [-0.25, -0.2) is 0 Å². The molecule has 31 heavy (non-hydrogen) atoms. The van der Waals surface area contributed by atoms with Crippen LogP contribution in [0, 0.1) is 0 Å². The molecular weight excluding hydrogens is 443 g/mol. The van der Waals surface area contributed by atoms with E-state index in [0.717, 1.165) is 25.7 Å². The van der Waals surface area contributed by atoms with Crippen LogP contribution in [0.5, 0.6) is 0 Å². The summed E-state index contributed by atoms with van der Waals surface area (Å²) in [4.78, 5) is 0. The molecule has 0 rings (SSSR count). The fraction of sp³-hybridized carbons (Fsp3) is 1.00. The van der Waals surface area contributed by atoms with E-state index in [1.807, 2.05) is 0 Å². The third kappa shape index (κ3) is 26.5. The van der Waals surface area contributed by atoms with Crippen molar-refractivity contribution in [3.8, 4) is 0 Å². The molecule has 0 unspecified atom stereocenters. The summed E-state index contributed by atoms with van der Waals surface area (Å²) in [6, 6.07) is 0. The first-order chi connectivity index (χ1) is 15.1. The predicted octanol–water partition coefficient (Wildman–Crippen LogP) is 10.3. The van der Waals surface area contributed by atoms with Crippen molar-refractivity contribution in [2.75, 3.05) is 0 Å². The van der Waals surface area contributed by atoms with Gasteiger partial charge in [-0.05, 0) is 0 Å². The Kier molecular flexibility index (Phi) is 25.2. The zero-order chi connectivity index (χ0) is 22.9. The van der Waals surface area contributed by atoms with Crippen LogP contribution >= 0.6 is 0 Å². The van der Waals surface area contributed by atoms with Crippen molar-refractivity contribution < 1.29 is 7.84 Å². The minimum atomic E-state index is -3.50. The molecule has 0 heterocycles. The Morgan fingerprint density at radius 3 is 0.806 bits per heavy atom.